The first-order chi connectivity index (χ1) is 9.63. The molecule has 1 saturated heterocycles. The van der Waals surface area contributed by atoms with Crippen LogP contribution in [0.15, 0.2) is 18.2 Å². The summed E-state index contributed by atoms with van der Waals surface area (Å²) in [6.07, 6.45) is 3.23. The summed E-state index contributed by atoms with van der Waals surface area (Å²) in [7, 11) is 1.52. The summed E-state index contributed by atoms with van der Waals surface area (Å²) in [5.74, 6) is 1.20. The lowest BCUT2D eigenvalue weighted by molar-refractivity contribution is -0.384. The fourth-order valence-corrected chi connectivity index (χ4v) is 2.69. The predicted molar refractivity (Wildman–Crippen MR) is 78.3 cm³/mol. The lowest BCUT2D eigenvalue weighted by atomic mass is 9.93. The molecule has 1 aliphatic heterocycles. The third kappa shape index (κ3) is 3.39. The Labute approximate surface area is 118 Å². The first-order valence-corrected chi connectivity index (χ1v) is 6.92. The van der Waals surface area contributed by atoms with Crippen LogP contribution in [-0.2, 0) is 0 Å². The van der Waals surface area contributed by atoms with Gasteiger partial charge in [0.25, 0.3) is 5.69 Å². The largest absolute Gasteiger partial charge is 0.496 e. The maximum atomic E-state index is 11.0. The molecule has 0 unspecified atom stereocenters. The SMILES string of the molecule is COc1cc(N2CCC(CCN)CC2)cc([N+](=O)[O-])c1. The molecule has 110 valence electrons. The van der Waals surface area contributed by atoms with E-state index < -0.39 is 0 Å². The van der Waals surface area contributed by atoms with Crippen LogP contribution in [-0.4, -0.2) is 31.7 Å². The number of hydrogen-bond acceptors (Lipinski definition) is 5. The van der Waals surface area contributed by atoms with Crippen molar-refractivity contribution in [3.8, 4) is 5.75 Å². The molecular formula is C14H21N3O3. The van der Waals surface area contributed by atoms with Gasteiger partial charge in [0.05, 0.1) is 18.1 Å². The molecule has 0 aromatic heterocycles. The third-order valence-corrected chi connectivity index (χ3v) is 3.88. The molecule has 1 aromatic rings. The summed E-state index contributed by atoms with van der Waals surface area (Å²) in [6.45, 7) is 2.55. The normalized spacial score (nSPS) is 16.2. The van der Waals surface area contributed by atoms with Gasteiger partial charge < -0.3 is 15.4 Å². The van der Waals surface area contributed by atoms with Crippen LogP contribution < -0.4 is 15.4 Å². The highest BCUT2D eigenvalue weighted by Gasteiger charge is 2.21. The fourth-order valence-electron chi connectivity index (χ4n) is 2.69. The number of rotatable bonds is 5. The van der Waals surface area contributed by atoms with Crippen LogP contribution in [0.1, 0.15) is 19.3 Å². The van der Waals surface area contributed by atoms with Gasteiger partial charge in [0, 0.05) is 30.9 Å². The number of methoxy groups -OCH3 is 1. The van der Waals surface area contributed by atoms with Gasteiger partial charge in [0.15, 0.2) is 0 Å². The van der Waals surface area contributed by atoms with Crippen LogP contribution in [0.25, 0.3) is 0 Å². The average Bonchev–Trinajstić information content (AvgIpc) is 2.47. The van der Waals surface area contributed by atoms with Gasteiger partial charge in [-0.15, -0.1) is 0 Å². The number of nitrogens with zero attached hydrogens (tertiary/aromatic N) is 2. The van der Waals surface area contributed by atoms with E-state index in [4.69, 9.17) is 10.5 Å². The topological polar surface area (TPSA) is 81.6 Å². The highest BCUT2D eigenvalue weighted by atomic mass is 16.6. The summed E-state index contributed by atoms with van der Waals surface area (Å²) < 4.78 is 5.15. The number of anilines is 1. The highest BCUT2D eigenvalue weighted by Crippen LogP contribution is 2.31. The third-order valence-electron chi connectivity index (χ3n) is 3.88. The van der Waals surface area contributed by atoms with Gasteiger partial charge in [0.1, 0.15) is 5.75 Å². The number of nitro benzene ring substituents is 1. The van der Waals surface area contributed by atoms with Gasteiger partial charge >= 0.3 is 0 Å². The van der Waals surface area contributed by atoms with Crippen molar-refractivity contribution in [1.29, 1.82) is 0 Å². The van der Waals surface area contributed by atoms with Crippen LogP contribution in [0.5, 0.6) is 5.75 Å². The zero-order valence-corrected chi connectivity index (χ0v) is 11.7. The lowest BCUT2D eigenvalue weighted by Crippen LogP contribution is -2.34. The molecular weight excluding hydrogens is 258 g/mol. The van der Waals surface area contributed by atoms with E-state index in [2.05, 4.69) is 4.90 Å². The van der Waals surface area contributed by atoms with Crippen LogP contribution >= 0.6 is 0 Å². The molecule has 1 aromatic carbocycles. The summed E-state index contributed by atoms with van der Waals surface area (Å²) in [5.41, 5.74) is 6.53. The van der Waals surface area contributed by atoms with Crippen molar-refractivity contribution >= 4 is 11.4 Å². The molecule has 0 amide bonds. The monoisotopic (exact) mass is 279 g/mol. The van der Waals surface area contributed by atoms with E-state index in [0.29, 0.717) is 11.7 Å². The Morgan fingerprint density at radius 3 is 2.65 bits per heavy atom. The second kappa shape index (κ2) is 6.56. The second-order valence-corrected chi connectivity index (χ2v) is 5.15. The summed E-state index contributed by atoms with van der Waals surface area (Å²) >= 11 is 0. The lowest BCUT2D eigenvalue weighted by Gasteiger charge is -2.33. The minimum absolute atomic E-state index is 0.0726. The molecule has 6 nitrogen and oxygen atoms in total. The predicted octanol–water partition coefficient (Wildman–Crippen LogP) is 2.17. The molecule has 0 aliphatic carbocycles. The van der Waals surface area contributed by atoms with E-state index in [1.807, 2.05) is 6.07 Å². The number of nitro groups is 1. The minimum atomic E-state index is -0.382. The quantitative estimate of drug-likeness (QED) is 0.660. The Balaban J connectivity index is 2.12. The Morgan fingerprint density at radius 2 is 2.10 bits per heavy atom. The summed E-state index contributed by atoms with van der Waals surface area (Å²) in [5, 5.41) is 11.0. The van der Waals surface area contributed by atoms with Crippen molar-refractivity contribution in [2.24, 2.45) is 11.7 Å². The summed E-state index contributed by atoms with van der Waals surface area (Å²) in [4.78, 5) is 12.8. The molecule has 0 bridgehead atoms. The summed E-state index contributed by atoms with van der Waals surface area (Å²) in [6, 6.07) is 4.92. The molecule has 2 N–H and O–H groups in total. The van der Waals surface area contributed by atoms with E-state index in [-0.39, 0.29) is 10.6 Å². The Bertz CT molecular complexity index is 471. The van der Waals surface area contributed by atoms with Gasteiger partial charge in [-0.25, -0.2) is 0 Å². The maximum absolute atomic E-state index is 11.0. The van der Waals surface area contributed by atoms with E-state index in [0.717, 1.165) is 44.6 Å². The first kappa shape index (κ1) is 14.6. The Hall–Kier alpha value is -1.82. The van der Waals surface area contributed by atoms with Crippen molar-refractivity contribution in [3.63, 3.8) is 0 Å². The molecule has 2 rings (SSSR count). The molecule has 0 spiro atoms. The highest BCUT2D eigenvalue weighted by molar-refractivity contribution is 5.58. The van der Waals surface area contributed by atoms with E-state index in [9.17, 15) is 10.1 Å². The van der Waals surface area contributed by atoms with E-state index in [1.54, 1.807) is 6.07 Å². The van der Waals surface area contributed by atoms with Crippen molar-refractivity contribution in [1.82, 2.24) is 0 Å². The van der Waals surface area contributed by atoms with Crippen LogP contribution in [0.3, 0.4) is 0 Å². The van der Waals surface area contributed by atoms with Crippen molar-refractivity contribution in [2.45, 2.75) is 19.3 Å². The van der Waals surface area contributed by atoms with Gasteiger partial charge in [-0.3, -0.25) is 10.1 Å². The molecule has 1 heterocycles. The number of benzene rings is 1. The second-order valence-electron chi connectivity index (χ2n) is 5.15. The molecule has 6 heteroatoms. The zero-order chi connectivity index (χ0) is 14.5. The standard InChI is InChI=1S/C14H21N3O3/c1-20-14-9-12(8-13(10-14)17(18)19)16-6-3-11(2-5-15)4-7-16/h8-11H,2-7,15H2,1H3. The van der Waals surface area contributed by atoms with Crippen molar-refractivity contribution in [2.75, 3.05) is 31.6 Å². The molecule has 0 atom stereocenters. The number of non-ortho nitro benzene ring substituents is 1. The molecule has 0 radical (unpaired) electrons. The molecule has 1 fully saturated rings. The van der Waals surface area contributed by atoms with Crippen LogP contribution in [0.4, 0.5) is 11.4 Å². The van der Waals surface area contributed by atoms with Crippen LogP contribution in [0.2, 0.25) is 0 Å². The number of ether oxygens (including phenoxy) is 1. The smallest absolute Gasteiger partial charge is 0.275 e. The fraction of sp³-hybridized carbons (Fsp3) is 0.571. The molecule has 0 saturated carbocycles. The molecule has 1 aliphatic rings. The maximum Gasteiger partial charge on any atom is 0.275 e. The number of piperidine rings is 1. The Morgan fingerprint density at radius 1 is 1.40 bits per heavy atom. The van der Waals surface area contributed by atoms with Gasteiger partial charge in [-0.1, -0.05) is 0 Å². The van der Waals surface area contributed by atoms with E-state index in [1.165, 1.54) is 13.2 Å². The van der Waals surface area contributed by atoms with Gasteiger partial charge in [0.2, 0.25) is 0 Å². The number of nitrogens with two attached hydrogens (primary N) is 1. The average molecular weight is 279 g/mol. The van der Waals surface area contributed by atoms with Crippen molar-refractivity contribution < 1.29 is 9.66 Å². The Kier molecular flexibility index (Phi) is 4.79. The van der Waals surface area contributed by atoms with E-state index >= 15 is 0 Å². The van der Waals surface area contributed by atoms with Crippen molar-refractivity contribution in [3.05, 3.63) is 28.3 Å². The van der Waals surface area contributed by atoms with Gasteiger partial charge in [-0.2, -0.15) is 0 Å². The van der Waals surface area contributed by atoms with Gasteiger partial charge in [-0.05, 0) is 31.7 Å². The molecule has 20 heavy (non-hydrogen) atoms. The van der Waals surface area contributed by atoms with Crippen LogP contribution in [0, 0.1) is 16.0 Å². The zero-order valence-electron chi connectivity index (χ0n) is 11.7. The number of hydrogen-bond donors (Lipinski definition) is 1. The first-order valence-electron chi connectivity index (χ1n) is 6.92. The minimum Gasteiger partial charge on any atom is -0.496 e.